The first-order chi connectivity index (χ1) is 7.35. The van der Waals surface area contributed by atoms with Crippen LogP contribution < -0.4 is 0 Å². The van der Waals surface area contributed by atoms with Gasteiger partial charge in [0.25, 0.3) is 0 Å². The average Bonchev–Trinajstić information content (AvgIpc) is 2.26. The molecule has 0 aliphatic carbocycles. The molecular weight excluding hydrogens is 184 g/mol. The number of aliphatic hydroxyl groups excluding tert-OH is 1. The summed E-state index contributed by atoms with van der Waals surface area (Å²) in [5.41, 5.74) is 1.25. The zero-order valence-corrected chi connectivity index (χ0v) is 10.6. The predicted octanol–water partition coefficient (Wildman–Crippen LogP) is 5.37. The molecule has 0 saturated carbocycles. The van der Waals surface area contributed by atoms with E-state index in [2.05, 4.69) is 13.8 Å². The molecule has 0 fully saturated rings. The molecule has 90 valence electrons. The molecule has 1 nitrogen and oxygen atoms in total. The minimum absolute atomic E-state index is 1.10. The molecule has 0 heterocycles. The zero-order valence-electron chi connectivity index (χ0n) is 10.6. The van der Waals surface area contributed by atoms with Crippen molar-refractivity contribution in [3.05, 3.63) is 11.8 Å². The standard InChI is InChI=1S/C14H28O/c1-3-5-7-8-10-12-14(13-15)11-9-6-4-2/h13,15H,3-12H2,1-2H3. The summed E-state index contributed by atoms with van der Waals surface area (Å²) in [5, 5.41) is 9.07. The molecular formula is C14H28O. The van der Waals surface area contributed by atoms with Crippen molar-refractivity contribution in [1.82, 2.24) is 0 Å². The van der Waals surface area contributed by atoms with Crippen molar-refractivity contribution in [2.75, 3.05) is 0 Å². The van der Waals surface area contributed by atoms with E-state index in [1.807, 2.05) is 0 Å². The van der Waals surface area contributed by atoms with Crippen LogP contribution in [0.2, 0.25) is 0 Å². The normalized spacial score (nSPS) is 12.0. The van der Waals surface area contributed by atoms with Crippen LogP contribution in [-0.2, 0) is 0 Å². The highest BCUT2D eigenvalue weighted by atomic mass is 16.2. The maximum atomic E-state index is 9.07. The molecule has 0 aliphatic heterocycles. The highest BCUT2D eigenvalue weighted by molar-refractivity contribution is 4.96. The lowest BCUT2D eigenvalue weighted by Crippen LogP contribution is -1.87. The van der Waals surface area contributed by atoms with Gasteiger partial charge in [0.15, 0.2) is 0 Å². The highest BCUT2D eigenvalue weighted by Crippen LogP contribution is 2.16. The second-order valence-corrected chi connectivity index (χ2v) is 4.41. The van der Waals surface area contributed by atoms with Gasteiger partial charge in [-0.05, 0) is 31.3 Å². The summed E-state index contributed by atoms with van der Waals surface area (Å²) < 4.78 is 0. The van der Waals surface area contributed by atoms with Crippen LogP contribution in [0.4, 0.5) is 0 Å². The third-order valence-electron chi connectivity index (χ3n) is 2.89. The lowest BCUT2D eigenvalue weighted by atomic mass is 10.0. The van der Waals surface area contributed by atoms with Crippen molar-refractivity contribution in [3.8, 4) is 0 Å². The fourth-order valence-corrected chi connectivity index (χ4v) is 1.81. The lowest BCUT2D eigenvalue weighted by Gasteiger charge is -2.05. The molecule has 0 unspecified atom stereocenters. The van der Waals surface area contributed by atoms with Crippen LogP contribution >= 0.6 is 0 Å². The van der Waals surface area contributed by atoms with Crippen molar-refractivity contribution >= 4 is 0 Å². The van der Waals surface area contributed by atoms with E-state index in [0.29, 0.717) is 0 Å². The Morgan fingerprint density at radius 1 is 0.800 bits per heavy atom. The first-order valence-electron chi connectivity index (χ1n) is 6.67. The van der Waals surface area contributed by atoms with Gasteiger partial charge in [-0.3, -0.25) is 0 Å². The Kier molecular flexibility index (Phi) is 11.3. The second-order valence-electron chi connectivity index (χ2n) is 4.41. The summed E-state index contributed by atoms with van der Waals surface area (Å²) in [4.78, 5) is 0. The first-order valence-corrected chi connectivity index (χ1v) is 6.67. The van der Waals surface area contributed by atoms with Gasteiger partial charge in [0.1, 0.15) is 0 Å². The molecule has 0 radical (unpaired) electrons. The molecule has 0 amide bonds. The van der Waals surface area contributed by atoms with E-state index in [4.69, 9.17) is 5.11 Å². The molecule has 0 spiro atoms. The minimum Gasteiger partial charge on any atom is -0.516 e. The molecule has 1 N–H and O–H groups in total. The topological polar surface area (TPSA) is 20.2 Å². The molecule has 0 aliphatic rings. The second kappa shape index (κ2) is 11.6. The largest absolute Gasteiger partial charge is 0.516 e. The fraction of sp³-hybridized carbons (Fsp3) is 0.857. The number of unbranched alkanes of at least 4 members (excludes halogenated alkanes) is 6. The van der Waals surface area contributed by atoms with Crippen molar-refractivity contribution in [2.45, 2.75) is 78.1 Å². The summed E-state index contributed by atoms with van der Waals surface area (Å²) in [6.07, 6.45) is 13.9. The SMILES string of the molecule is CCCCCCCC(=CO)CCCCC. The van der Waals surface area contributed by atoms with Crippen LogP contribution in [0.3, 0.4) is 0 Å². The van der Waals surface area contributed by atoms with Gasteiger partial charge in [0.2, 0.25) is 0 Å². The van der Waals surface area contributed by atoms with Crippen LogP contribution in [0.25, 0.3) is 0 Å². The van der Waals surface area contributed by atoms with Gasteiger partial charge in [-0.15, -0.1) is 0 Å². The van der Waals surface area contributed by atoms with E-state index in [9.17, 15) is 0 Å². The van der Waals surface area contributed by atoms with E-state index in [0.717, 1.165) is 12.8 Å². The minimum atomic E-state index is 1.10. The molecule has 15 heavy (non-hydrogen) atoms. The third kappa shape index (κ3) is 9.84. The average molecular weight is 212 g/mol. The van der Waals surface area contributed by atoms with Crippen molar-refractivity contribution in [2.24, 2.45) is 0 Å². The summed E-state index contributed by atoms with van der Waals surface area (Å²) in [5.74, 6) is 0. The maximum absolute atomic E-state index is 9.07. The van der Waals surface area contributed by atoms with Crippen LogP contribution in [-0.4, -0.2) is 5.11 Å². The summed E-state index contributed by atoms with van der Waals surface area (Å²) in [7, 11) is 0. The van der Waals surface area contributed by atoms with Gasteiger partial charge in [-0.25, -0.2) is 0 Å². The van der Waals surface area contributed by atoms with Crippen LogP contribution in [0.15, 0.2) is 11.8 Å². The molecule has 0 atom stereocenters. The lowest BCUT2D eigenvalue weighted by molar-refractivity contribution is 0.457. The number of hydrogen-bond donors (Lipinski definition) is 1. The van der Waals surface area contributed by atoms with Crippen LogP contribution in [0.1, 0.15) is 78.1 Å². The van der Waals surface area contributed by atoms with E-state index in [-0.39, 0.29) is 0 Å². The van der Waals surface area contributed by atoms with E-state index >= 15 is 0 Å². The summed E-state index contributed by atoms with van der Waals surface area (Å²) in [6, 6.07) is 0. The van der Waals surface area contributed by atoms with Crippen LogP contribution in [0.5, 0.6) is 0 Å². The number of aliphatic hydroxyl groups is 1. The monoisotopic (exact) mass is 212 g/mol. The molecule has 0 aromatic heterocycles. The van der Waals surface area contributed by atoms with Gasteiger partial charge >= 0.3 is 0 Å². The molecule has 0 saturated heterocycles. The molecule has 0 aromatic rings. The number of rotatable bonds is 10. The maximum Gasteiger partial charge on any atom is 0.0783 e. The Hall–Kier alpha value is -0.460. The molecule has 1 heteroatoms. The van der Waals surface area contributed by atoms with Gasteiger partial charge < -0.3 is 5.11 Å². The Bertz CT molecular complexity index is 149. The Morgan fingerprint density at radius 2 is 1.27 bits per heavy atom. The number of allylic oxidation sites excluding steroid dienone is 1. The highest BCUT2D eigenvalue weighted by Gasteiger charge is 1.98. The van der Waals surface area contributed by atoms with Crippen molar-refractivity contribution in [1.29, 1.82) is 0 Å². The van der Waals surface area contributed by atoms with Gasteiger partial charge in [-0.2, -0.15) is 0 Å². The summed E-state index contributed by atoms with van der Waals surface area (Å²) >= 11 is 0. The van der Waals surface area contributed by atoms with E-state index in [1.54, 1.807) is 0 Å². The predicted molar refractivity (Wildman–Crippen MR) is 68.2 cm³/mol. The quantitative estimate of drug-likeness (QED) is 0.381. The van der Waals surface area contributed by atoms with Gasteiger partial charge in [0, 0.05) is 0 Å². The zero-order chi connectivity index (χ0) is 11.4. The van der Waals surface area contributed by atoms with Gasteiger partial charge in [0.05, 0.1) is 6.26 Å². The van der Waals surface area contributed by atoms with Gasteiger partial charge in [-0.1, -0.05) is 52.4 Å². The molecule has 0 aromatic carbocycles. The van der Waals surface area contributed by atoms with Crippen molar-refractivity contribution in [3.63, 3.8) is 0 Å². The Balaban J connectivity index is 3.37. The fourth-order valence-electron chi connectivity index (χ4n) is 1.81. The smallest absolute Gasteiger partial charge is 0.0783 e. The Morgan fingerprint density at radius 3 is 1.80 bits per heavy atom. The van der Waals surface area contributed by atoms with E-state index < -0.39 is 0 Å². The van der Waals surface area contributed by atoms with Crippen molar-refractivity contribution < 1.29 is 5.11 Å². The Labute approximate surface area is 95.6 Å². The van der Waals surface area contributed by atoms with Crippen LogP contribution in [0, 0.1) is 0 Å². The van der Waals surface area contributed by atoms with E-state index in [1.165, 1.54) is 63.2 Å². The first kappa shape index (κ1) is 14.5. The summed E-state index contributed by atoms with van der Waals surface area (Å²) in [6.45, 7) is 4.46. The molecule has 0 rings (SSSR count). The third-order valence-corrected chi connectivity index (χ3v) is 2.89. The number of hydrogen-bond acceptors (Lipinski definition) is 1. The molecule has 0 bridgehead atoms.